The van der Waals surface area contributed by atoms with Crippen molar-refractivity contribution in [1.82, 2.24) is 4.90 Å². The molecule has 0 bridgehead atoms. The Morgan fingerprint density at radius 1 is 1.27 bits per heavy atom. The summed E-state index contributed by atoms with van der Waals surface area (Å²) in [6.07, 6.45) is 7.35. The second-order valence-electron chi connectivity index (χ2n) is 4.47. The van der Waals surface area contributed by atoms with Crippen LogP contribution in [0.1, 0.15) is 51.9 Å². The van der Waals surface area contributed by atoms with Crippen LogP contribution in [0.5, 0.6) is 0 Å². The van der Waals surface area contributed by atoms with E-state index in [4.69, 9.17) is 5.11 Å². The van der Waals surface area contributed by atoms with E-state index in [1.54, 1.807) is 0 Å². The van der Waals surface area contributed by atoms with E-state index in [1.165, 1.54) is 32.4 Å². The quantitative estimate of drug-likeness (QED) is 0.737. The maximum Gasteiger partial charge on any atom is 0.303 e. The van der Waals surface area contributed by atoms with E-state index < -0.39 is 5.97 Å². The van der Waals surface area contributed by atoms with E-state index in [9.17, 15) is 4.79 Å². The Morgan fingerprint density at radius 2 is 1.93 bits per heavy atom. The highest BCUT2D eigenvalue weighted by Crippen LogP contribution is 2.18. The van der Waals surface area contributed by atoms with Gasteiger partial charge < -0.3 is 10.0 Å². The van der Waals surface area contributed by atoms with Crippen molar-refractivity contribution in [3.63, 3.8) is 0 Å². The Hall–Kier alpha value is -0.570. The van der Waals surface area contributed by atoms with E-state index in [0.29, 0.717) is 12.5 Å². The van der Waals surface area contributed by atoms with Gasteiger partial charge in [-0.25, -0.2) is 0 Å². The summed E-state index contributed by atoms with van der Waals surface area (Å²) in [5.74, 6) is -0.659. The van der Waals surface area contributed by atoms with Gasteiger partial charge in [0, 0.05) is 12.5 Å². The van der Waals surface area contributed by atoms with Crippen LogP contribution in [0.25, 0.3) is 0 Å². The van der Waals surface area contributed by atoms with Crippen LogP contribution in [-0.2, 0) is 4.79 Å². The van der Waals surface area contributed by atoms with Crippen LogP contribution in [0.3, 0.4) is 0 Å². The second-order valence-corrected chi connectivity index (χ2v) is 4.47. The molecule has 0 aliphatic carbocycles. The van der Waals surface area contributed by atoms with Crippen molar-refractivity contribution in [3.8, 4) is 0 Å². The van der Waals surface area contributed by atoms with Gasteiger partial charge in [0.05, 0.1) is 0 Å². The summed E-state index contributed by atoms with van der Waals surface area (Å²) in [5, 5.41) is 8.71. The molecule has 0 saturated carbocycles. The van der Waals surface area contributed by atoms with E-state index >= 15 is 0 Å². The van der Waals surface area contributed by atoms with Crippen LogP contribution in [0, 0.1) is 0 Å². The number of hydrogen-bond acceptors (Lipinski definition) is 2. The number of likely N-dealkylation sites (tertiary alicyclic amines) is 1. The molecular weight excluding hydrogens is 190 g/mol. The topological polar surface area (TPSA) is 40.5 Å². The zero-order valence-electron chi connectivity index (χ0n) is 9.74. The van der Waals surface area contributed by atoms with Gasteiger partial charge in [-0.1, -0.05) is 19.8 Å². The van der Waals surface area contributed by atoms with Crippen molar-refractivity contribution < 1.29 is 9.90 Å². The normalized spacial score (nSPS) is 20.1. The van der Waals surface area contributed by atoms with Crippen LogP contribution in [0.2, 0.25) is 0 Å². The molecule has 3 heteroatoms. The van der Waals surface area contributed by atoms with Crippen molar-refractivity contribution in [1.29, 1.82) is 0 Å². The van der Waals surface area contributed by atoms with E-state index in [1.807, 2.05) is 0 Å². The molecule has 1 N–H and O–H groups in total. The van der Waals surface area contributed by atoms with Gasteiger partial charge in [-0.3, -0.25) is 4.79 Å². The Labute approximate surface area is 92.5 Å². The molecule has 1 fully saturated rings. The van der Waals surface area contributed by atoms with Crippen LogP contribution < -0.4 is 0 Å². The Balaban J connectivity index is 2.36. The average molecular weight is 213 g/mol. The van der Waals surface area contributed by atoms with Crippen molar-refractivity contribution in [2.24, 2.45) is 0 Å². The van der Waals surface area contributed by atoms with Crippen LogP contribution in [0.15, 0.2) is 0 Å². The summed E-state index contributed by atoms with van der Waals surface area (Å²) in [6.45, 7) is 4.52. The van der Waals surface area contributed by atoms with Crippen molar-refractivity contribution in [2.75, 3.05) is 13.1 Å². The van der Waals surface area contributed by atoms with E-state index in [0.717, 1.165) is 19.3 Å². The third kappa shape index (κ3) is 4.65. The van der Waals surface area contributed by atoms with Gasteiger partial charge >= 0.3 is 5.97 Å². The average Bonchev–Trinajstić information content (AvgIpc) is 2.25. The van der Waals surface area contributed by atoms with Crippen molar-refractivity contribution in [2.45, 2.75) is 57.9 Å². The van der Waals surface area contributed by atoms with Crippen molar-refractivity contribution in [3.05, 3.63) is 0 Å². The predicted molar refractivity (Wildman–Crippen MR) is 61.0 cm³/mol. The molecule has 1 aliphatic rings. The number of carbonyl (C=O) groups is 1. The molecule has 1 saturated heterocycles. The first-order valence-corrected chi connectivity index (χ1v) is 6.20. The van der Waals surface area contributed by atoms with Crippen LogP contribution in [0.4, 0.5) is 0 Å². The molecule has 0 aromatic carbocycles. The first-order chi connectivity index (χ1) is 7.24. The summed E-state index contributed by atoms with van der Waals surface area (Å²) < 4.78 is 0. The molecule has 1 heterocycles. The molecule has 15 heavy (non-hydrogen) atoms. The van der Waals surface area contributed by atoms with Gasteiger partial charge in [-0.05, 0) is 38.8 Å². The fourth-order valence-electron chi connectivity index (χ4n) is 2.42. The molecule has 1 unspecified atom stereocenters. The molecule has 1 aliphatic heterocycles. The predicted octanol–water partition coefficient (Wildman–Crippen LogP) is 2.51. The summed E-state index contributed by atoms with van der Waals surface area (Å²) in [6, 6.07) is 0.506. The third-order valence-corrected chi connectivity index (χ3v) is 3.22. The lowest BCUT2D eigenvalue weighted by molar-refractivity contribution is -0.137. The summed E-state index contributed by atoms with van der Waals surface area (Å²) >= 11 is 0. The zero-order valence-corrected chi connectivity index (χ0v) is 9.74. The monoisotopic (exact) mass is 213 g/mol. The first-order valence-electron chi connectivity index (χ1n) is 6.20. The highest BCUT2D eigenvalue weighted by molar-refractivity contribution is 5.66. The zero-order chi connectivity index (χ0) is 11.1. The van der Waals surface area contributed by atoms with E-state index in [2.05, 4.69) is 11.8 Å². The lowest BCUT2D eigenvalue weighted by Crippen LogP contribution is -2.39. The highest BCUT2D eigenvalue weighted by atomic mass is 16.4. The van der Waals surface area contributed by atoms with Crippen molar-refractivity contribution >= 4 is 5.97 Å². The lowest BCUT2D eigenvalue weighted by Gasteiger charge is -2.34. The maximum atomic E-state index is 10.6. The number of rotatable bonds is 6. The third-order valence-electron chi connectivity index (χ3n) is 3.22. The van der Waals surface area contributed by atoms with E-state index in [-0.39, 0.29) is 0 Å². The number of piperidine rings is 1. The Kier molecular flexibility index (Phi) is 5.69. The Morgan fingerprint density at radius 3 is 2.47 bits per heavy atom. The minimum atomic E-state index is -0.659. The van der Waals surface area contributed by atoms with Gasteiger partial charge in [-0.15, -0.1) is 0 Å². The number of aliphatic carboxylic acids is 1. The molecule has 0 amide bonds. The van der Waals surface area contributed by atoms with Gasteiger partial charge in [0.15, 0.2) is 0 Å². The minimum Gasteiger partial charge on any atom is -0.481 e. The Bertz CT molecular complexity index is 188. The maximum absolute atomic E-state index is 10.6. The second kappa shape index (κ2) is 6.83. The molecule has 0 spiro atoms. The minimum absolute atomic E-state index is 0.321. The number of nitrogens with zero attached hydrogens (tertiary/aromatic N) is 1. The van der Waals surface area contributed by atoms with Gasteiger partial charge in [0.2, 0.25) is 0 Å². The number of carboxylic acids is 1. The molecule has 88 valence electrons. The fraction of sp³-hybridized carbons (Fsp3) is 0.917. The summed E-state index contributed by atoms with van der Waals surface area (Å²) in [4.78, 5) is 13.1. The van der Waals surface area contributed by atoms with Gasteiger partial charge in [0.1, 0.15) is 0 Å². The van der Waals surface area contributed by atoms with Crippen LogP contribution in [-0.4, -0.2) is 35.1 Å². The largest absolute Gasteiger partial charge is 0.481 e. The highest BCUT2D eigenvalue weighted by Gasteiger charge is 2.20. The molecule has 0 radical (unpaired) electrons. The smallest absolute Gasteiger partial charge is 0.303 e. The summed E-state index contributed by atoms with van der Waals surface area (Å²) in [7, 11) is 0. The standard InChI is InChI=1S/C12H23NO2/c1-2-6-11(7-8-12(14)15)13-9-4-3-5-10-13/h11H,2-10H2,1H3,(H,14,15). The molecule has 0 aromatic heterocycles. The SMILES string of the molecule is CCCC(CCC(=O)O)N1CCCCC1. The molecular formula is C12H23NO2. The fourth-order valence-corrected chi connectivity index (χ4v) is 2.42. The molecule has 3 nitrogen and oxygen atoms in total. The summed E-state index contributed by atoms with van der Waals surface area (Å²) in [5.41, 5.74) is 0. The van der Waals surface area contributed by atoms with Gasteiger partial charge in [-0.2, -0.15) is 0 Å². The van der Waals surface area contributed by atoms with Gasteiger partial charge in [0.25, 0.3) is 0 Å². The number of carboxylic acid groups (broad SMARTS) is 1. The van der Waals surface area contributed by atoms with Crippen LogP contribution >= 0.6 is 0 Å². The molecule has 1 atom stereocenters. The number of hydrogen-bond donors (Lipinski definition) is 1. The lowest BCUT2D eigenvalue weighted by atomic mass is 10.0. The molecule has 0 aromatic rings. The first kappa shape index (κ1) is 12.5. The molecule has 1 rings (SSSR count).